The maximum absolute atomic E-state index is 12.0. The first kappa shape index (κ1) is 13.1. The molecule has 1 heterocycles. The van der Waals surface area contributed by atoms with E-state index in [0.717, 1.165) is 0 Å². The fourth-order valence-electron chi connectivity index (χ4n) is 1.61. The molecule has 1 aromatic heterocycles. The van der Waals surface area contributed by atoms with Crippen molar-refractivity contribution in [2.45, 2.75) is 11.5 Å². The molecule has 2 rings (SSSR count). The normalized spacial score (nSPS) is 11.4. The van der Waals surface area contributed by atoms with E-state index in [2.05, 4.69) is 4.98 Å². The van der Waals surface area contributed by atoms with Gasteiger partial charge in [0.15, 0.2) is 9.84 Å². The topological polar surface area (TPSA) is 47.0 Å². The molecule has 0 unspecified atom stereocenters. The van der Waals surface area contributed by atoms with E-state index in [1.807, 2.05) is 0 Å². The van der Waals surface area contributed by atoms with Gasteiger partial charge < -0.3 is 0 Å². The molecule has 5 heteroatoms. The predicted molar refractivity (Wildman–Crippen MR) is 72.0 cm³/mol. The summed E-state index contributed by atoms with van der Waals surface area (Å²) in [7, 11) is -3.26. The van der Waals surface area contributed by atoms with Crippen LogP contribution >= 0.6 is 11.6 Å². The number of pyridine rings is 1. The van der Waals surface area contributed by atoms with Crippen LogP contribution in [-0.4, -0.2) is 13.4 Å². The van der Waals surface area contributed by atoms with Crippen molar-refractivity contribution in [3.63, 3.8) is 0 Å². The summed E-state index contributed by atoms with van der Waals surface area (Å²) in [6.45, 7) is 0. The highest BCUT2D eigenvalue weighted by molar-refractivity contribution is 7.89. The Morgan fingerprint density at radius 1 is 1.00 bits per heavy atom. The number of hydrogen-bond donors (Lipinski definition) is 0. The first-order valence-corrected chi connectivity index (χ1v) is 7.60. The van der Waals surface area contributed by atoms with Gasteiger partial charge in [0.2, 0.25) is 0 Å². The van der Waals surface area contributed by atoms with Crippen LogP contribution in [-0.2, 0) is 21.3 Å². The van der Waals surface area contributed by atoms with Crippen molar-refractivity contribution in [1.82, 2.24) is 4.98 Å². The quantitative estimate of drug-likeness (QED) is 0.866. The maximum atomic E-state index is 12.0. The Labute approximate surface area is 111 Å². The van der Waals surface area contributed by atoms with Gasteiger partial charge in [0.1, 0.15) is 0 Å². The first-order valence-electron chi connectivity index (χ1n) is 5.40. The molecule has 0 spiro atoms. The van der Waals surface area contributed by atoms with Crippen LogP contribution in [0.15, 0.2) is 48.7 Å². The van der Waals surface area contributed by atoms with Crippen LogP contribution in [0.4, 0.5) is 0 Å². The van der Waals surface area contributed by atoms with Crippen molar-refractivity contribution >= 4 is 21.4 Å². The van der Waals surface area contributed by atoms with Crippen molar-refractivity contribution < 1.29 is 8.42 Å². The zero-order chi connectivity index (χ0) is 13.0. The molecule has 0 aliphatic rings. The molecule has 0 fully saturated rings. The van der Waals surface area contributed by atoms with Crippen molar-refractivity contribution in [3.05, 3.63) is 64.9 Å². The van der Waals surface area contributed by atoms with Gasteiger partial charge in [-0.1, -0.05) is 35.9 Å². The van der Waals surface area contributed by atoms with E-state index in [1.54, 1.807) is 48.7 Å². The van der Waals surface area contributed by atoms with E-state index in [0.29, 0.717) is 16.3 Å². The number of benzene rings is 1. The number of rotatable bonds is 4. The molecule has 94 valence electrons. The van der Waals surface area contributed by atoms with Gasteiger partial charge >= 0.3 is 0 Å². The third-order valence-corrected chi connectivity index (χ3v) is 4.28. The van der Waals surface area contributed by atoms with Gasteiger partial charge in [0, 0.05) is 11.2 Å². The summed E-state index contributed by atoms with van der Waals surface area (Å²) >= 11 is 5.95. The molecule has 2 aromatic rings. The Morgan fingerprint density at radius 2 is 1.72 bits per heavy atom. The van der Waals surface area contributed by atoms with E-state index >= 15 is 0 Å². The lowest BCUT2D eigenvalue weighted by molar-refractivity contribution is 0.594. The molecule has 0 radical (unpaired) electrons. The molecule has 0 bridgehead atoms. The van der Waals surface area contributed by atoms with Crippen LogP contribution in [0.25, 0.3) is 0 Å². The third kappa shape index (κ3) is 3.55. The Morgan fingerprint density at radius 3 is 2.39 bits per heavy atom. The van der Waals surface area contributed by atoms with Gasteiger partial charge in [-0.15, -0.1) is 0 Å². The number of hydrogen-bond acceptors (Lipinski definition) is 3. The molecule has 0 aliphatic carbocycles. The lowest BCUT2D eigenvalue weighted by Gasteiger charge is -2.05. The summed E-state index contributed by atoms with van der Waals surface area (Å²) in [5.74, 6) is -0.137. The van der Waals surface area contributed by atoms with Crippen molar-refractivity contribution in [1.29, 1.82) is 0 Å². The minimum Gasteiger partial charge on any atom is -0.260 e. The summed E-state index contributed by atoms with van der Waals surface area (Å²) in [5, 5.41) is 0.474. The molecule has 0 saturated carbocycles. The van der Waals surface area contributed by atoms with Gasteiger partial charge in [-0.05, 0) is 23.8 Å². The smallest absolute Gasteiger partial charge is 0.160 e. The van der Waals surface area contributed by atoms with Crippen molar-refractivity contribution in [2.24, 2.45) is 0 Å². The summed E-state index contributed by atoms with van der Waals surface area (Å²) < 4.78 is 24.0. The Bertz CT molecular complexity index is 626. The number of nitrogens with zero attached hydrogens (tertiary/aromatic N) is 1. The zero-order valence-corrected chi connectivity index (χ0v) is 11.2. The highest BCUT2D eigenvalue weighted by atomic mass is 35.5. The highest BCUT2D eigenvalue weighted by Gasteiger charge is 2.15. The predicted octanol–water partition coefficient (Wildman–Crippen LogP) is 2.85. The first-order chi connectivity index (χ1) is 8.57. The van der Waals surface area contributed by atoms with Gasteiger partial charge in [-0.3, -0.25) is 4.98 Å². The number of aromatic nitrogens is 1. The van der Waals surface area contributed by atoms with E-state index in [9.17, 15) is 8.42 Å². The molecule has 18 heavy (non-hydrogen) atoms. The molecule has 3 nitrogen and oxygen atoms in total. The number of halogens is 1. The minimum atomic E-state index is -3.26. The van der Waals surface area contributed by atoms with Gasteiger partial charge in [0.25, 0.3) is 0 Å². The fraction of sp³-hybridized carbons (Fsp3) is 0.154. The fourth-order valence-corrected chi connectivity index (χ4v) is 3.34. The molecular weight excluding hydrogens is 270 g/mol. The SMILES string of the molecule is O=S(=O)(Cc1ccccn1)Cc1ccccc1Cl. The van der Waals surface area contributed by atoms with Crippen LogP contribution in [0.5, 0.6) is 0 Å². The standard InChI is InChI=1S/C13H12ClNO2S/c14-13-7-2-1-5-11(13)9-18(16,17)10-12-6-3-4-8-15-12/h1-8H,9-10H2. The molecular formula is C13H12ClNO2S. The second kappa shape index (κ2) is 5.50. The average Bonchev–Trinajstić information content (AvgIpc) is 2.32. The molecule has 0 amide bonds. The Kier molecular flexibility index (Phi) is 3.99. The van der Waals surface area contributed by atoms with E-state index in [4.69, 9.17) is 11.6 Å². The monoisotopic (exact) mass is 281 g/mol. The second-order valence-corrected chi connectivity index (χ2v) is 6.42. The van der Waals surface area contributed by atoms with E-state index < -0.39 is 9.84 Å². The Hall–Kier alpha value is -1.39. The van der Waals surface area contributed by atoms with E-state index in [-0.39, 0.29) is 11.5 Å². The summed E-state index contributed by atoms with van der Waals surface area (Å²) in [5.41, 5.74) is 1.17. The maximum Gasteiger partial charge on any atom is 0.160 e. The van der Waals surface area contributed by atoms with Crippen LogP contribution in [0.2, 0.25) is 5.02 Å². The summed E-state index contributed by atoms with van der Waals surface area (Å²) in [6.07, 6.45) is 1.58. The van der Waals surface area contributed by atoms with Crippen LogP contribution in [0.3, 0.4) is 0 Å². The lowest BCUT2D eigenvalue weighted by atomic mass is 10.2. The largest absolute Gasteiger partial charge is 0.260 e. The molecule has 1 aromatic carbocycles. The van der Waals surface area contributed by atoms with E-state index in [1.165, 1.54) is 0 Å². The lowest BCUT2D eigenvalue weighted by Crippen LogP contribution is -2.08. The number of sulfone groups is 1. The van der Waals surface area contributed by atoms with Crippen LogP contribution in [0, 0.1) is 0 Å². The highest BCUT2D eigenvalue weighted by Crippen LogP contribution is 2.19. The average molecular weight is 282 g/mol. The zero-order valence-electron chi connectivity index (χ0n) is 9.58. The van der Waals surface area contributed by atoms with Gasteiger partial charge in [-0.2, -0.15) is 0 Å². The molecule has 0 N–H and O–H groups in total. The Balaban J connectivity index is 2.16. The van der Waals surface area contributed by atoms with Crippen LogP contribution in [0.1, 0.15) is 11.3 Å². The second-order valence-electron chi connectivity index (χ2n) is 3.94. The minimum absolute atomic E-state index is 0.0662. The summed E-state index contributed by atoms with van der Waals surface area (Å²) in [6, 6.07) is 12.2. The molecule has 0 aliphatic heterocycles. The van der Waals surface area contributed by atoms with Crippen molar-refractivity contribution in [3.8, 4) is 0 Å². The molecule has 0 atom stereocenters. The van der Waals surface area contributed by atoms with Crippen LogP contribution < -0.4 is 0 Å². The summed E-state index contributed by atoms with van der Waals surface area (Å²) in [4.78, 5) is 4.02. The van der Waals surface area contributed by atoms with Gasteiger partial charge in [0.05, 0.1) is 17.2 Å². The third-order valence-electron chi connectivity index (χ3n) is 2.43. The van der Waals surface area contributed by atoms with Crippen molar-refractivity contribution in [2.75, 3.05) is 0 Å². The molecule has 0 saturated heterocycles. The van der Waals surface area contributed by atoms with Gasteiger partial charge in [-0.25, -0.2) is 8.42 Å².